The van der Waals surface area contributed by atoms with Crippen molar-refractivity contribution < 1.29 is 18.0 Å². The van der Waals surface area contributed by atoms with Gasteiger partial charge in [-0.3, -0.25) is 9.69 Å². The minimum atomic E-state index is -4.16. The molecule has 126 valence electrons. The zero-order valence-electron chi connectivity index (χ0n) is 12.4. The van der Waals surface area contributed by atoms with Gasteiger partial charge in [0.2, 0.25) is 5.91 Å². The van der Waals surface area contributed by atoms with Gasteiger partial charge in [-0.1, -0.05) is 13.8 Å². The molecule has 0 aliphatic carbocycles. The summed E-state index contributed by atoms with van der Waals surface area (Å²) in [6.07, 6.45) is -2.47. The molecule has 1 aliphatic rings. The lowest BCUT2D eigenvalue weighted by atomic mass is 10.0. The van der Waals surface area contributed by atoms with Gasteiger partial charge >= 0.3 is 6.18 Å². The normalized spacial score (nSPS) is 19.2. The Labute approximate surface area is 130 Å². The molecule has 1 aliphatic heterocycles. The standard InChI is InChI=1S/C13H24F3N3O.ClH/c1-9(2)7-11(17)12(20)18-10-3-5-19(6-4-10)8-13(14,15)16;/h9-11H,3-8,17H2,1-2H3,(H,18,20);1H/t11-;/m0./s1. The van der Waals surface area contributed by atoms with Gasteiger partial charge in [-0.25, -0.2) is 0 Å². The average molecular weight is 332 g/mol. The van der Waals surface area contributed by atoms with E-state index < -0.39 is 18.8 Å². The van der Waals surface area contributed by atoms with E-state index in [4.69, 9.17) is 5.73 Å². The number of hydrogen-bond acceptors (Lipinski definition) is 3. The monoisotopic (exact) mass is 331 g/mol. The van der Waals surface area contributed by atoms with E-state index in [1.54, 1.807) is 0 Å². The second kappa shape index (κ2) is 8.80. The van der Waals surface area contributed by atoms with Crippen molar-refractivity contribution in [1.82, 2.24) is 10.2 Å². The fraction of sp³-hybridized carbons (Fsp3) is 0.923. The van der Waals surface area contributed by atoms with Crippen LogP contribution in [-0.4, -0.2) is 48.7 Å². The van der Waals surface area contributed by atoms with E-state index in [1.807, 2.05) is 13.8 Å². The molecule has 0 aromatic carbocycles. The number of amides is 1. The Morgan fingerprint density at radius 3 is 2.29 bits per heavy atom. The van der Waals surface area contributed by atoms with Crippen LogP contribution in [-0.2, 0) is 4.79 Å². The quantitative estimate of drug-likeness (QED) is 0.809. The maximum atomic E-state index is 12.2. The van der Waals surface area contributed by atoms with Gasteiger partial charge in [0.15, 0.2) is 0 Å². The molecule has 1 atom stereocenters. The van der Waals surface area contributed by atoms with Crippen LogP contribution in [0.1, 0.15) is 33.1 Å². The van der Waals surface area contributed by atoms with E-state index >= 15 is 0 Å². The SMILES string of the molecule is CC(C)C[C@H](N)C(=O)NC1CCN(CC(F)(F)F)CC1.Cl. The fourth-order valence-corrected chi connectivity index (χ4v) is 2.41. The molecule has 0 spiro atoms. The molecule has 1 amide bonds. The zero-order valence-corrected chi connectivity index (χ0v) is 13.3. The number of nitrogens with zero attached hydrogens (tertiary/aromatic N) is 1. The number of carbonyl (C=O) groups is 1. The highest BCUT2D eigenvalue weighted by molar-refractivity contribution is 5.85. The number of alkyl halides is 3. The smallest absolute Gasteiger partial charge is 0.352 e. The van der Waals surface area contributed by atoms with Gasteiger partial charge in [-0.05, 0) is 25.2 Å². The van der Waals surface area contributed by atoms with E-state index in [-0.39, 0.29) is 24.4 Å². The molecule has 0 aromatic rings. The number of nitrogens with two attached hydrogens (primary N) is 1. The molecular formula is C13H25ClF3N3O. The van der Waals surface area contributed by atoms with Crippen molar-refractivity contribution in [2.75, 3.05) is 19.6 Å². The first kappa shape index (κ1) is 20.5. The molecule has 1 rings (SSSR count). The maximum absolute atomic E-state index is 12.2. The molecule has 4 nitrogen and oxygen atoms in total. The minimum Gasteiger partial charge on any atom is -0.352 e. The number of halogens is 4. The predicted molar refractivity (Wildman–Crippen MR) is 78.3 cm³/mol. The van der Waals surface area contributed by atoms with E-state index in [9.17, 15) is 18.0 Å². The first-order valence-electron chi connectivity index (χ1n) is 7.02. The van der Waals surface area contributed by atoms with Gasteiger partial charge in [0.1, 0.15) is 0 Å². The van der Waals surface area contributed by atoms with Crippen LogP contribution in [0.3, 0.4) is 0 Å². The molecule has 1 heterocycles. The third-order valence-electron chi connectivity index (χ3n) is 3.40. The van der Waals surface area contributed by atoms with E-state index in [0.717, 1.165) is 0 Å². The number of hydrogen-bond donors (Lipinski definition) is 2. The fourth-order valence-electron chi connectivity index (χ4n) is 2.41. The van der Waals surface area contributed by atoms with Crippen LogP contribution in [0.15, 0.2) is 0 Å². The van der Waals surface area contributed by atoms with Gasteiger partial charge < -0.3 is 11.1 Å². The second-order valence-corrected chi connectivity index (χ2v) is 5.91. The molecule has 3 N–H and O–H groups in total. The summed E-state index contributed by atoms with van der Waals surface area (Å²) in [5.41, 5.74) is 5.77. The molecule has 0 radical (unpaired) electrons. The van der Waals surface area contributed by atoms with Gasteiger partial charge in [-0.15, -0.1) is 12.4 Å². The third-order valence-corrected chi connectivity index (χ3v) is 3.40. The number of nitrogens with one attached hydrogen (secondary N) is 1. The molecule has 1 saturated heterocycles. The lowest BCUT2D eigenvalue weighted by molar-refractivity contribution is -0.148. The van der Waals surface area contributed by atoms with Crippen LogP contribution in [0.2, 0.25) is 0 Å². The van der Waals surface area contributed by atoms with Crippen LogP contribution in [0.4, 0.5) is 13.2 Å². The van der Waals surface area contributed by atoms with E-state index in [2.05, 4.69) is 5.32 Å². The van der Waals surface area contributed by atoms with Crippen molar-refractivity contribution in [1.29, 1.82) is 0 Å². The second-order valence-electron chi connectivity index (χ2n) is 5.91. The Kier molecular flexibility index (Phi) is 8.58. The van der Waals surface area contributed by atoms with Gasteiger partial charge in [-0.2, -0.15) is 13.2 Å². The molecule has 0 aromatic heterocycles. The lowest BCUT2D eigenvalue weighted by Gasteiger charge is -2.33. The molecule has 8 heteroatoms. The van der Waals surface area contributed by atoms with Crippen LogP contribution in [0.5, 0.6) is 0 Å². The first-order chi connectivity index (χ1) is 9.17. The molecule has 21 heavy (non-hydrogen) atoms. The summed E-state index contributed by atoms with van der Waals surface area (Å²) >= 11 is 0. The largest absolute Gasteiger partial charge is 0.401 e. The van der Waals surface area contributed by atoms with Crippen molar-refractivity contribution in [3.8, 4) is 0 Å². The van der Waals surface area contributed by atoms with Crippen LogP contribution in [0, 0.1) is 5.92 Å². The Bertz CT molecular complexity index is 318. The predicted octanol–water partition coefficient (Wildman–Crippen LogP) is 1.92. The van der Waals surface area contributed by atoms with Crippen LogP contribution in [0.25, 0.3) is 0 Å². The number of carbonyl (C=O) groups excluding carboxylic acids is 1. The van der Waals surface area contributed by atoms with Crippen molar-refractivity contribution in [2.45, 2.75) is 51.4 Å². The van der Waals surface area contributed by atoms with Crippen molar-refractivity contribution in [3.63, 3.8) is 0 Å². The Morgan fingerprint density at radius 2 is 1.86 bits per heavy atom. The molecule has 1 fully saturated rings. The molecule has 0 unspecified atom stereocenters. The summed E-state index contributed by atoms with van der Waals surface area (Å²) in [5.74, 6) is 0.136. The van der Waals surface area contributed by atoms with Crippen molar-refractivity contribution in [3.05, 3.63) is 0 Å². The summed E-state index contributed by atoms with van der Waals surface area (Å²) in [5, 5.41) is 2.84. The number of likely N-dealkylation sites (tertiary alicyclic amines) is 1. The summed E-state index contributed by atoms with van der Waals surface area (Å²) in [6.45, 7) is 3.81. The van der Waals surface area contributed by atoms with E-state index in [1.165, 1.54) is 4.90 Å². The molecule has 0 saturated carbocycles. The average Bonchev–Trinajstić information content (AvgIpc) is 2.28. The first-order valence-corrected chi connectivity index (χ1v) is 7.02. The van der Waals surface area contributed by atoms with Crippen LogP contribution >= 0.6 is 12.4 Å². The Balaban J connectivity index is 0.00000400. The third kappa shape index (κ3) is 8.48. The van der Waals surface area contributed by atoms with Crippen molar-refractivity contribution >= 4 is 18.3 Å². The van der Waals surface area contributed by atoms with Crippen molar-refractivity contribution in [2.24, 2.45) is 11.7 Å². The summed E-state index contributed by atoms with van der Waals surface area (Å²) < 4.78 is 36.7. The van der Waals surface area contributed by atoms with E-state index in [0.29, 0.717) is 38.3 Å². The summed E-state index contributed by atoms with van der Waals surface area (Å²) in [4.78, 5) is 13.2. The summed E-state index contributed by atoms with van der Waals surface area (Å²) in [7, 11) is 0. The highest BCUT2D eigenvalue weighted by atomic mass is 35.5. The highest BCUT2D eigenvalue weighted by Crippen LogP contribution is 2.19. The number of piperidine rings is 1. The Hall–Kier alpha value is -0.530. The lowest BCUT2D eigenvalue weighted by Crippen LogP contribution is -2.50. The topological polar surface area (TPSA) is 58.4 Å². The van der Waals surface area contributed by atoms with Gasteiger partial charge in [0.25, 0.3) is 0 Å². The van der Waals surface area contributed by atoms with Gasteiger partial charge in [0.05, 0.1) is 12.6 Å². The van der Waals surface area contributed by atoms with Gasteiger partial charge in [0, 0.05) is 19.1 Å². The minimum absolute atomic E-state index is 0. The Morgan fingerprint density at radius 1 is 1.33 bits per heavy atom. The zero-order chi connectivity index (χ0) is 15.3. The number of rotatable bonds is 5. The van der Waals surface area contributed by atoms with Crippen LogP contribution < -0.4 is 11.1 Å². The summed E-state index contributed by atoms with van der Waals surface area (Å²) in [6, 6.07) is -0.603. The molecule has 0 bridgehead atoms. The highest BCUT2D eigenvalue weighted by Gasteiger charge is 2.33. The maximum Gasteiger partial charge on any atom is 0.401 e. The molecular weight excluding hydrogens is 307 g/mol.